The van der Waals surface area contributed by atoms with Gasteiger partial charge in [0.2, 0.25) is 0 Å². The average Bonchev–Trinajstić information content (AvgIpc) is 2.18. The fourth-order valence-corrected chi connectivity index (χ4v) is 2.24. The smallest absolute Gasteiger partial charge is 0.310 e. The number of aliphatic carboxylic acids is 1. The van der Waals surface area contributed by atoms with Crippen LogP contribution in [0, 0.1) is 17.0 Å². The zero-order chi connectivity index (χ0) is 13.6. The summed E-state index contributed by atoms with van der Waals surface area (Å²) in [5.41, 5.74) is -1.94. The molecule has 1 fully saturated rings. The van der Waals surface area contributed by atoms with Crippen molar-refractivity contribution in [2.45, 2.75) is 19.3 Å². The van der Waals surface area contributed by atoms with Crippen molar-refractivity contribution in [3.8, 4) is 0 Å². The molecule has 0 saturated carbocycles. The van der Waals surface area contributed by atoms with E-state index in [-0.39, 0.29) is 18.8 Å². The van der Waals surface area contributed by atoms with E-state index in [4.69, 9.17) is 4.74 Å². The van der Waals surface area contributed by atoms with E-state index in [0.29, 0.717) is 0 Å². The Morgan fingerprint density at radius 3 is 2.39 bits per heavy atom. The molecule has 1 aromatic carbocycles. The minimum Gasteiger partial charge on any atom is -0.481 e. The van der Waals surface area contributed by atoms with Crippen molar-refractivity contribution in [3.05, 3.63) is 35.4 Å². The summed E-state index contributed by atoms with van der Waals surface area (Å²) in [6, 6.07) is 3.21. The van der Waals surface area contributed by atoms with Crippen LogP contribution >= 0.6 is 0 Å². The Hall–Kier alpha value is -1.49. The molecule has 0 atom stereocenters. The van der Waals surface area contributed by atoms with Crippen molar-refractivity contribution in [3.63, 3.8) is 0 Å². The molecule has 5 heteroatoms. The molecule has 0 spiro atoms. The zero-order valence-corrected chi connectivity index (χ0v) is 10.2. The maximum absolute atomic E-state index is 13.9. The highest BCUT2D eigenvalue weighted by molar-refractivity contribution is 5.76. The molecular weight excluding hydrogens is 242 g/mol. The lowest BCUT2D eigenvalue weighted by Crippen LogP contribution is -2.60. The first-order valence-corrected chi connectivity index (χ1v) is 5.58. The van der Waals surface area contributed by atoms with Crippen molar-refractivity contribution < 1.29 is 23.4 Å². The standard InChI is InChI=1S/C13H14F2O3/c1-12(2,11(16)17)13(6-18-7-13)9-4-3-8(14)5-10(9)15/h3-5H,6-7H2,1-2H3,(H,16,17). The second kappa shape index (κ2) is 4.02. The van der Waals surface area contributed by atoms with Crippen molar-refractivity contribution in [2.24, 2.45) is 5.41 Å². The van der Waals surface area contributed by atoms with Gasteiger partial charge in [-0.05, 0) is 25.5 Å². The lowest BCUT2D eigenvalue weighted by molar-refractivity contribution is -0.171. The maximum atomic E-state index is 13.9. The molecule has 1 aliphatic heterocycles. The molecule has 1 N–H and O–H groups in total. The molecule has 0 aromatic heterocycles. The van der Waals surface area contributed by atoms with Gasteiger partial charge < -0.3 is 9.84 Å². The second-order valence-electron chi connectivity index (χ2n) is 5.13. The lowest BCUT2D eigenvalue weighted by Gasteiger charge is -2.50. The Morgan fingerprint density at radius 1 is 1.39 bits per heavy atom. The van der Waals surface area contributed by atoms with Gasteiger partial charge in [0, 0.05) is 6.07 Å². The molecular formula is C13H14F2O3. The molecule has 1 aromatic rings. The van der Waals surface area contributed by atoms with Gasteiger partial charge in [-0.1, -0.05) is 6.07 Å². The van der Waals surface area contributed by atoms with Crippen LogP contribution in [0.2, 0.25) is 0 Å². The molecule has 0 aliphatic carbocycles. The SMILES string of the molecule is CC(C)(C(=O)O)C1(c2ccc(F)cc2F)COC1. The molecule has 18 heavy (non-hydrogen) atoms. The number of rotatable bonds is 3. The molecule has 0 bridgehead atoms. The van der Waals surface area contributed by atoms with Crippen LogP contribution in [0.5, 0.6) is 0 Å². The molecule has 0 radical (unpaired) electrons. The van der Waals surface area contributed by atoms with Gasteiger partial charge in [-0.3, -0.25) is 4.79 Å². The first kappa shape index (κ1) is 13.0. The largest absolute Gasteiger partial charge is 0.481 e. The quantitative estimate of drug-likeness (QED) is 0.903. The van der Waals surface area contributed by atoms with Crippen LogP contribution in [0.3, 0.4) is 0 Å². The molecule has 1 saturated heterocycles. The second-order valence-corrected chi connectivity index (χ2v) is 5.13. The van der Waals surface area contributed by atoms with Crippen molar-refractivity contribution >= 4 is 5.97 Å². The summed E-state index contributed by atoms with van der Waals surface area (Å²) in [6.45, 7) is 3.30. The van der Waals surface area contributed by atoms with Gasteiger partial charge in [-0.2, -0.15) is 0 Å². The number of carbonyl (C=O) groups is 1. The molecule has 2 rings (SSSR count). The predicted octanol–water partition coefficient (Wildman–Crippen LogP) is 2.34. The first-order valence-electron chi connectivity index (χ1n) is 5.58. The van der Waals surface area contributed by atoms with Crippen molar-refractivity contribution in [1.29, 1.82) is 0 Å². The number of hydrogen-bond acceptors (Lipinski definition) is 2. The van der Waals surface area contributed by atoms with Crippen LogP contribution in [0.4, 0.5) is 8.78 Å². The predicted molar refractivity (Wildman–Crippen MR) is 60.3 cm³/mol. The summed E-state index contributed by atoms with van der Waals surface area (Å²) < 4.78 is 31.9. The van der Waals surface area contributed by atoms with Crippen LogP contribution < -0.4 is 0 Å². The summed E-state index contributed by atoms with van der Waals surface area (Å²) in [6.07, 6.45) is 0. The highest BCUT2D eigenvalue weighted by Crippen LogP contribution is 2.48. The van der Waals surface area contributed by atoms with Crippen molar-refractivity contribution in [2.75, 3.05) is 13.2 Å². The van der Waals surface area contributed by atoms with Gasteiger partial charge >= 0.3 is 5.97 Å². The third-order valence-corrected chi connectivity index (χ3v) is 3.87. The Bertz CT molecular complexity index is 493. The van der Waals surface area contributed by atoms with Gasteiger partial charge in [-0.15, -0.1) is 0 Å². The minimum absolute atomic E-state index is 0.120. The van der Waals surface area contributed by atoms with Crippen LogP contribution in [-0.2, 0) is 14.9 Å². The Kier molecular flexibility index (Phi) is 2.89. The first-order chi connectivity index (χ1) is 8.31. The number of carboxylic acid groups (broad SMARTS) is 1. The normalized spacial score (nSPS) is 18.2. The van der Waals surface area contributed by atoms with E-state index in [2.05, 4.69) is 0 Å². The monoisotopic (exact) mass is 256 g/mol. The Balaban J connectivity index is 2.54. The van der Waals surface area contributed by atoms with Crippen LogP contribution in [-0.4, -0.2) is 24.3 Å². The minimum atomic E-state index is -1.19. The van der Waals surface area contributed by atoms with Gasteiger partial charge in [0.25, 0.3) is 0 Å². The molecule has 1 heterocycles. The molecule has 0 unspecified atom stereocenters. The van der Waals surface area contributed by atoms with E-state index in [1.54, 1.807) is 0 Å². The highest BCUT2D eigenvalue weighted by Gasteiger charge is 2.57. The summed E-state index contributed by atoms with van der Waals surface area (Å²) in [4.78, 5) is 11.4. The van der Waals surface area contributed by atoms with E-state index in [0.717, 1.165) is 12.1 Å². The molecule has 1 aliphatic rings. The van der Waals surface area contributed by atoms with Crippen LogP contribution in [0.25, 0.3) is 0 Å². The third kappa shape index (κ3) is 1.61. The topological polar surface area (TPSA) is 46.5 Å². The van der Waals surface area contributed by atoms with Gasteiger partial charge in [0.05, 0.1) is 24.0 Å². The van der Waals surface area contributed by atoms with Crippen LogP contribution in [0.1, 0.15) is 19.4 Å². The molecule has 98 valence electrons. The number of benzene rings is 1. The summed E-state index contributed by atoms with van der Waals surface area (Å²) in [5, 5.41) is 9.30. The fourth-order valence-electron chi connectivity index (χ4n) is 2.24. The number of hydrogen-bond donors (Lipinski definition) is 1. The van der Waals surface area contributed by atoms with E-state index in [1.807, 2.05) is 0 Å². The van der Waals surface area contributed by atoms with Gasteiger partial charge in [0.1, 0.15) is 11.6 Å². The van der Waals surface area contributed by atoms with E-state index in [9.17, 15) is 18.7 Å². The van der Waals surface area contributed by atoms with Crippen LogP contribution in [0.15, 0.2) is 18.2 Å². The lowest BCUT2D eigenvalue weighted by atomic mass is 9.60. The summed E-state index contributed by atoms with van der Waals surface area (Å²) in [7, 11) is 0. The zero-order valence-electron chi connectivity index (χ0n) is 10.2. The fraction of sp³-hybridized carbons (Fsp3) is 0.462. The Labute approximate surface area is 103 Å². The van der Waals surface area contributed by atoms with E-state index in [1.165, 1.54) is 19.9 Å². The van der Waals surface area contributed by atoms with Crippen molar-refractivity contribution in [1.82, 2.24) is 0 Å². The molecule has 3 nitrogen and oxygen atoms in total. The third-order valence-electron chi connectivity index (χ3n) is 3.87. The van der Waals surface area contributed by atoms with Gasteiger partial charge in [-0.25, -0.2) is 8.78 Å². The number of carboxylic acids is 1. The highest BCUT2D eigenvalue weighted by atomic mass is 19.1. The molecule has 0 amide bonds. The average molecular weight is 256 g/mol. The van der Waals surface area contributed by atoms with E-state index < -0.39 is 28.4 Å². The Morgan fingerprint density at radius 2 is 2.00 bits per heavy atom. The number of ether oxygens (including phenoxy) is 1. The van der Waals surface area contributed by atoms with E-state index >= 15 is 0 Å². The summed E-state index contributed by atoms with van der Waals surface area (Å²) in [5.74, 6) is -2.44. The number of halogens is 2. The maximum Gasteiger partial charge on any atom is 0.310 e. The summed E-state index contributed by atoms with van der Waals surface area (Å²) >= 11 is 0. The van der Waals surface area contributed by atoms with Gasteiger partial charge in [0.15, 0.2) is 0 Å².